The van der Waals surface area contributed by atoms with Crippen LogP contribution in [0.2, 0.25) is 0 Å². The summed E-state index contributed by atoms with van der Waals surface area (Å²) in [5, 5.41) is 9.20. The minimum absolute atomic E-state index is 0.00257. The zero-order valence-corrected chi connectivity index (χ0v) is 19.8. The molecule has 0 unspecified atom stereocenters. The van der Waals surface area contributed by atoms with Crippen LogP contribution >= 0.6 is 0 Å². The van der Waals surface area contributed by atoms with Gasteiger partial charge in [-0.05, 0) is 43.2 Å². The van der Waals surface area contributed by atoms with Crippen LogP contribution in [-0.4, -0.2) is 57.7 Å². The van der Waals surface area contributed by atoms with Crippen LogP contribution in [0.25, 0.3) is 11.0 Å². The van der Waals surface area contributed by atoms with E-state index in [9.17, 15) is 27.9 Å². The summed E-state index contributed by atoms with van der Waals surface area (Å²) in [4.78, 5) is 34.1. The molecule has 35 heavy (non-hydrogen) atoms. The molecule has 0 saturated heterocycles. The molecule has 0 aliphatic carbocycles. The molecule has 0 saturated carbocycles. The van der Waals surface area contributed by atoms with E-state index in [1.54, 1.807) is 37.1 Å². The first kappa shape index (κ1) is 26.2. The van der Waals surface area contributed by atoms with E-state index in [2.05, 4.69) is 9.98 Å². The number of aliphatic hydroxyl groups is 1. The highest BCUT2D eigenvalue weighted by Crippen LogP contribution is 2.23. The molecule has 0 radical (unpaired) electrons. The fraction of sp³-hybridized carbons (Fsp3) is 0.400. The zero-order valence-electron chi connectivity index (χ0n) is 19.8. The Morgan fingerprint density at radius 3 is 2.54 bits per heavy atom. The van der Waals surface area contributed by atoms with Gasteiger partial charge in [-0.1, -0.05) is 25.1 Å². The van der Waals surface area contributed by atoms with Gasteiger partial charge in [-0.15, -0.1) is 0 Å². The lowest BCUT2D eigenvalue weighted by atomic mass is 9.99. The minimum atomic E-state index is -2.74. The second-order valence-corrected chi connectivity index (χ2v) is 8.44. The summed E-state index contributed by atoms with van der Waals surface area (Å²) in [5.41, 5.74) is 1.41. The molecule has 0 aliphatic rings. The van der Waals surface area contributed by atoms with Crippen LogP contribution in [0.15, 0.2) is 47.5 Å². The lowest BCUT2D eigenvalue weighted by Gasteiger charge is -2.21. The van der Waals surface area contributed by atoms with Crippen LogP contribution < -0.4 is 5.62 Å². The van der Waals surface area contributed by atoms with E-state index in [0.29, 0.717) is 17.6 Å². The van der Waals surface area contributed by atoms with Gasteiger partial charge in [-0.25, -0.2) is 13.2 Å². The van der Waals surface area contributed by atoms with Crippen molar-refractivity contribution in [3.8, 4) is 0 Å². The van der Waals surface area contributed by atoms with Crippen molar-refractivity contribution in [1.82, 2.24) is 14.5 Å². The highest BCUT2D eigenvalue weighted by Gasteiger charge is 2.21. The number of aromatic nitrogens is 2. The summed E-state index contributed by atoms with van der Waals surface area (Å²) in [6.45, 7) is 3.40. The highest BCUT2D eigenvalue weighted by molar-refractivity contribution is 5.95. The Hall–Kier alpha value is -3.40. The molecule has 0 aliphatic heterocycles. The maximum absolute atomic E-state index is 14.1. The van der Waals surface area contributed by atoms with E-state index in [4.69, 9.17) is 0 Å². The normalized spacial score (nSPS) is 13.9. The monoisotopic (exact) mass is 490 g/mol. The number of benzene rings is 2. The topological polar surface area (TPSA) is 90.7 Å². The summed E-state index contributed by atoms with van der Waals surface area (Å²) in [6.07, 6.45) is -3.52. The summed E-state index contributed by atoms with van der Waals surface area (Å²) in [5.74, 6) is -1.26. The first-order valence-corrected chi connectivity index (χ1v) is 11.4. The Morgan fingerprint density at radius 2 is 1.89 bits per heavy atom. The number of carbonyl (C=O) groups is 2. The number of alkyl halides is 3. The molecule has 2 N–H and O–H groups in total. The molecule has 10 heteroatoms. The zero-order chi connectivity index (χ0) is 25.7. The fourth-order valence-corrected chi connectivity index (χ4v) is 3.88. The van der Waals surface area contributed by atoms with E-state index < -0.39 is 31.0 Å². The van der Waals surface area contributed by atoms with Crippen molar-refractivity contribution >= 4 is 22.8 Å². The van der Waals surface area contributed by atoms with Crippen LogP contribution in [0, 0.1) is 0 Å². The number of aliphatic hydroxyl groups excluding tert-OH is 1. The quantitative estimate of drug-likeness (QED) is 0.476. The van der Waals surface area contributed by atoms with Crippen molar-refractivity contribution in [2.75, 3.05) is 20.2 Å². The maximum atomic E-state index is 14.1. The number of aromatic amines is 1. The Kier molecular flexibility index (Phi) is 8.50. The fourth-order valence-electron chi connectivity index (χ4n) is 3.88. The lowest BCUT2D eigenvalue weighted by Crippen LogP contribution is -2.31. The Labute approximate surface area is 200 Å². The number of fused-ring (bicyclic) bond motifs is 1. The first-order valence-electron chi connectivity index (χ1n) is 11.4. The Morgan fingerprint density at radius 1 is 1.14 bits per heavy atom. The van der Waals surface area contributed by atoms with Gasteiger partial charge in [0.25, 0.3) is 12.3 Å². The van der Waals surface area contributed by atoms with Crippen LogP contribution in [0.3, 0.4) is 0 Å². The molecule has 0 bridgehead atoms. The number of carbonyl (C=O) groups excluding carboxylic acids is 2. The van der Waals surface area contributed by atoms with Gasteiger partial charge in [0.15, 0.2) is 0 Å². The number of halogens is 3. The van der Waals surface area contributed by atoms with Crippen LogP contribution in [0.5, 0.6) is 0 Å². The molecule has 188 valence electrons. The van der Waals surface area contributed by atoms with Crippen molar-refractivity contribution in [3.63, 3.8) is 0 Å². The number of nitrogens with zero attached hydrogens (tertiary/aromatic N) is 3. The molecule has 0 spiro atoms. The first-order chi connectivity index (χ1) is 16.7. The van der Waals surface area contributed by atoms with Crippen molar-refractivity contribution in [2.45, 2.75) is 45.3 Å². The van der Waals surface area contributed by atoms with E-state index in [1.807, 2.05) is 6.92 Å². The van der Waals surface area contributed by atoms with Gasteiger partial charge in [-0.3, -0.25) is 9.59 Å². The van der Waals surface area contributed by atoms with Crippen LogP contribution in [-0.2, 0) is 11.3 Å². The van der Waals surface area contributed by atoms with Gasteiger partial charge in [0, 0.05) is 24.7 Å². The number of amides is 2. The predicted molar refractivity (Wildman–Crippen MR) is 126 cm³/mol. The Bertz CT molecular complexity index is 1270. The number of rotatable bonds is 9. The van der Waals surface area contributed by atoms with Gasteiger partial charge in [0.1, 0.15) is 6.17 Å². The second-order valence-electron chi connectivity index (χ2n) is 8.44. The molecule has 7 nitrogen and oxygen atoms in total. The predicted octanol–water partition coefficient (Wildman–Crippen LogP) is 3.95. The second kappa shape index (κ2) is 11.4. The van der Waals surface area contributed by atoms with Gasteiger partial charge in [0.2, 0.25) is 11.5 Å². The molecular weight excluding hydrogens is 461 g/mol. The smallest absolute Gasteiger partial charge is 0.280 e. The largest absolute Gasteiger partial charge is 0.393 e. The molecule has 3 rings (SSSR count). The average Bonchev–Trinajstić information content (AvgIpc) is 3.18. The third-order valence-electron chi connectivity index (χ3n) is 5.79. The molecule has 0 fully saturated rings. The van der Waals surface area contributed by atoms with E-state index in [1.165, 1.54) is 22.8 Å². The standard InChI is InChI=1S/C25H29F3N4O3/c1-4-10-31(3)24(35)15(2)16-8-9-21-20(12-16)29-25(32(21)13-19(26)14-33)30-23(34)18-7-5-6-17(11-18)22(27)28/h5-9,11-12,15,19,22,33H,4,10,13-14H2,1-3H3,(H,29,30,34)/t15-,19+/m0/s1. The average molecular weight is 491 g/mol. The van der Waals surface area contributed by atoms with Crippen molar-refractivity contribution in [2.24, 2.45) is 4.99 Å². The molecule has 2 atom stereocenters. The van der Waals surface area contributed by atoms with Gasteiger partial charge >= 0.3 is 0 Å². The number of H-pyrrole nitrogens is 1. The SMILES string of the molecule is CCCN(C)C(=O)[C@@H](C)c1ccc2c(c1)[nH]/c(=N\C(=O)c1cccc(C(F)F)c1)n2C[C@@H](F)CO. The summed E-state index contributed by atoms with van der Waals surface area (Å²) < 4.78 is 41.6. The molecule has 1 heterocycles. The maximum Gasteiger partial charge on any atom is 0.280 e. The number of imidazole rings is 1. The number of hydrogen-bond acceptors (Lipinski definition) is 3. The van der Waals surface area contributed by atoms with Crippen molar-refractivity contribution in [3.05, 3.63) is 64.8 Å². The molecule has 1 aromatic heterocycles. The van der Waals surface area contributed by atoms with E-state index in [0.717, 1.165) is 18.1 Å². The highest BCUT2D eigenvalue weighted by atomic mass is 19.3. The van der Waals surface area contributed by atoms with Gasteiger partial charge < -0.3 is 19.6 Å². The summed E-state index contributed by atoms with van der Waals surface area (Å²) >= 11 is 0. The third-order valence-corrected chi connectivity index (χ3v) is 5.79. The molecule has 2 aromatic carbocycles. The number of likely N-dealkylation sites (N-methyl/N-ethyl adjacent to an activating group) is 1. The Balaban J connectivity index is 2.06. The number of hydrogen-bond donors (Lipinski definition) is 2. The summed E-state index contributed by atoms with van der Waals surface area (Å²) in [7, 11) is 1.74. The third kappa shape index (κ3) is 6.00. The molecular formula is C25H29F3N4O3. The number of nitrogens with one attached hydrogen (secondary N) is 1. The molecule has 2 amide bonds. The lowest BCUT2D eigenvalue weighted by molar-refractivity contribution is -0.131. The van der Waals surface area contributed by atoms with E-state index in [-0.39, 0.29) is 29.2 Å². The molecule has 3 aromatic rings. The van der Waals surface area contributed by atoms with E-state index >= 15 is 0 Å². The van der Waals surface area contributed by atoms with Crippen molar-refractivity contribution < 1.29 is 27.9 Å². The summed E-state index contributed by atoms with van der Waals surface area (Å²) in [6, 6.07) is 10.2. The van der Waals surface area contributed by atoms with Crippen molar-refractivity contribution in [1.29, 1.82) is 0 Å². The minimum Gasteiger partial charge on any atom is -0.393 e. The van der Waals surface area contributed by atoms with Crippen LogP contribution in [0.1, 0.15) is 54.1 Å². The van der Waals surface area contributed by atoms with Gasteiger partial charge in [0.05, 0.1) is 30.1 Å². The van der Waals surface area contributed by atoms with Gasteiger partial charge in [-0.2, -0.15) is 4.99 Å². The van der Waals surface area contributed by atoms with Crippen LogP contribution in [0.4, 0.5) is 13.2 Å².